The highest BCUT2D eigenvalue weighted by Crippen LogP contribution is 2.39. The molecule has 0 bridgehead atoms. The lowest BCUT2D eigenvalue weighted by Crippen LogP contribution is -2.34. The standard InChI is InChI=1S/C18H26O3/c1-3-4-13-21-17(19)15-9-11-18(20,12-10-15)16-7-5-14(2)6-8-16/h5-8,15,20H,3-4,9-13H2,1-2H3. The first-order valence-corrected chi connectivity index (χ1v) is 8.01. The molecule has 1 N–H and O–H groups in total. The summed E-state index contributed by atoms with van der Waals surface area (Å²) in [7, 11) is 0. The van der Waals surface area contributed by atoms with Crippen LogP contribution in [-0.2, 0) is 15.1 Å². The van der Waals surface area contributed by atoms with Gasteiger partial charge in [-0.05, 0) is 44.6 Å². The van der Waals surface area contributed by atoms with E-state index in [0.29, 0.717) is 32.3 Å². The quantitative estimate of drug-likeness (QED) is 0.664. The average molecular weight is 290 g/mol. The maximum atomic E-state index is 12.0. The molecule has 116 valence electrons. The Kier molecular flexibility index (Phi) is 5.40. The predicted molar refractivity (Wildman–Crippen MR) is 82.9 cm³/mol. The minimum absolute atomic E-state index is 0.0485. The Bertz CT molecular complexity index is 456. The third-order valence-corrected chi connectivity index (χ3v) is 4.48. The highest BCUT2D eigenvalue weighted by atomic mass is 16.5. The molecule has 0 radical (unpaired) electrons. The SMILES string of the molecule is CCCCOC(=O)C1CCC(O)(c2ccc(C)cc2)CC1. The van der Waals surface area contributed by atoms with E-state index in [9.17, 15) is 9.90 Å². The molecule has 1 aliphatic carbocycles. The number of esters is 1. The fraction of sp³-hybridized carbons (Fsp3) is 0.611. The summed E-state index contributed by atoms with van der Waals surface area (Å²) in [6.45, 7) is 4.64. The van der Waals surface area contributed by atoms with Crippen LogP contribution in [0.2, 0.25) is 0 Å². The molecule has 3 nitrogen and oxygen atoms in total. The van der Waals surface area contributed by atoms with E-state index in [4.69, 9.17) is 4.74 Å². The van der Waals surface area contributed by atoms with Crippen molar-refractivity contribution >= 4 is 5.97 Å². The monoisotopic (exact) mass is 290 g/mol. The van der Waals surface area contributed by atoms with Gasteiger partial charge in [-0.25, -0.2) is 0 Å². The van der Waals surface area contributed by atoms with E-state index in [2.05, 4.69) is 6.92 Å². The van der Waals surface area contributed by atoms with Gasteiger partial charge in [-0.1, -0.05) is 43.2 Å². The fourth-order valence-corrected chi connectivity index (χ4v) is 2.92. The van der Waals surface area contributed by atoms with Gasteiger partial charge in [0.1, 0.15) is 0 Å². The first kappa shape index (κ1) is 16.0. The lowest BCUT2D eigenvalue weighted by atomic mass is 9.75. The average Bonchev–Trinajstić information content (AvgIpc) is 2.48. The van der Waals surface area contributed by atoms with E-state index in [1.807, 2.05) is 31.2 Å². The second-order valence-electron chi connectivity index (χ2n) is 6.19. The number of carbonyl (C=O) groups excluding carboxylic acids is 1. The van der Waals surface area contributed by atoms with Crippen molar-refractivity contribution in [1.82, 2.24) is 0 Å². The van der Waals surface area contributed by atoms with Crippen molar-refractivity contribution in [2.45, 2.75) is 58.0 Å². The Labute approximate surface area is 127 Å². The van der Waals surface area contributed by atoms with E-state index in [1.165, 1.54) is 5.56 Å². The van der Waals surface area contributed by atoms with Crippen LogP contribution in [0.1, 0.15) is 56.6 Å². The number of hydrogen-bond acceptors (Lipinski definition) is 3. The number of aliphatic hydroxyl groups is 1. The highest BCUT2D eigenvalue weighted by Gasteiger charge is 2.37. The topological polar surface area (TPSA) is 46.5 Å². The summed E-state index contributed by atoms with van der Waals surface area (Å²) < 4.78 is 5.29. The number of ether oxygens (including phenoxy) is 1. The number of hydrogen-bond donors (Lipinski definition) is 1. The smallest absolute Gasteiger partial charge is 0.308 e. The molecule has 0 spiro atoms. The van der Waals surface area contributed by atoms with Crippen LogP contribution in [0.5, 0.6) is 0 Å². The third kappa shape index (κ3) is 4.07. The zero-order chi connectivity index (χ0) is 15.3. The molecule has 1 saturated carbocycles. The summed E-state index contributed by atoms with van der Waals surface area (Å²) in [5, 5.41) is 10.8. The van der Waals surface area contributed by atoms with E-state index in [0.717, 1.165) is 18.4 Å². The Balaban J connectivity index is 1.90. The first-order valence-electron chi connectivity index (χ1n) is 8.01. The minimum Gasteiger partial charge on any atom is -0.465 e. The lowest BCUT2D eigenvalue weighted by molar-refractivity contribution is -0.151. The van der Waals surface area contributed by atoms with Gasteiger partial charge in [0, 0.05) is 0 Å². The molecule has 0 aromatic heterocycles. The van der Waals surface area contributed by atoms with Gasteiger partial charge in [-0.3, -0.25) is 4.79 Å². The fourth-order valence-electron chi connectivity index (χ4n) is 2.92. The van der Waals surface area contributed by atoms with Gasteiger partial charge in [-0.15, -0.1) is 0 Å². The van der Waals surface area contributed by atoms with E-state index < -0.39 is 5.60 Å². The summed E-state index contributed by atoms with van der Waals surface area (Å²) in [5.74, 6) is -0.137. The van der Waals surface area contributed by atoms with Gasteiger partial charge in [-0.2, -0.15) is 0 Å². The summed E-state index contributed by atoms with van der Waals surface area (Å²) in [5.41, 5.74) is 1.37. The van der Waals surface area contributed by atoms with Crippen molar-refractivity contribution in [3.8, 4) is 0 Å². The van der Waals surface area contributed by atoms with Gasteiger partial charge in [0.05, 0.1) is 18.1 Å². The number of benzene rings is 1. The van der Waals surface area contributed by atoms with E-state index in [-0.39, 0.29) is 11.9 Å². The maximum absolute atomic E-state index is 12.0. The number of carbonyl (C=O) groups is 1. The molecule has 0 saturated heterocycles. The molecule has 0 aliphatic heterocycles. The number of unbranched alkanes of at least 4 members (excludes halogenated alkanes) is 1. The van der Waals surface area contributed by atoms with Crippen LogP contribution in [0.25, 0.3) is 0 Å². The van der Waals surface area contributed by atoms with E-state index >= 15 is 0 Å². The van der Waals surface area contributed by atoms with Crippen molar-refractivity contribution in [3.05, 3.63) is 35.4 Å². The molecule has 0 atom stereocenters. The first-order chi connectivity index (χ1) is 10.0. The zero-order valence-electron chi connectivity index (χ0n) is 13.1. The largest absolute Gasteiger partial charge is 0.465 e. The molecular formula is C18H26O3. The third-order valence-electron chi connectivity index (χ3n) is 4.48. The van der Waals surface area contributed by atoms with Crippen molar-refractivity contribution in [3.63, 3.8) is 0 Å². The predicted octanol–water partition coefficient (Wildman–Crippen LogP) is 3.72. The molecule has 21 heavy (non-hydrogen) atoms. The number of aryl methyl sites for hydroxylation is 1. The molecule has 1 aromatic rings. The van der Waals surface area contributed by atoms with Crippen molar-refractivity contribution in [2.24, 2.45) is 5.92 Å². The Morgan fingerprint density at radius 2 is 1.90 bits per heavy atom. The molecule has 1 aliphatic rings. The van der Waals surface area contributed by atoms with Crippen LogP contribution in [0.3, 0.4) is 0 Å². The van der Waals surface area contributed by atoms with Crippen LogP contribution in [0.4, 0.5) is 0 Å². The molecule has 0 amide bonds. The highest BCUT2D eigenvalue weighted by molar-refractivity contribution is 5.72. The van der Waals surface area contributed by atoms with Crippen molar-refractivity contribution in [1.29, 1.82) is 0 Å². The summed E-state index contributed by atoms with van der Waals surface area (Å²) >= 11 is 0. The van der Waals surface area contributed by atoms with Crippen LogP contribution >= 0.6 is 0 Å². The molecule has 0 unspecified atom stereocenters. The number of rotatable bonds is 5. The maximum Gasteiger partial charge on any atom is 0.308 e. The second kappa shape index (κ2) is 7.08. The normalized spacial score (nSPS) is 25.6. The molecule has 2 rings (SSSR count). The summed E-state index contributed by atoms with van der Waals surface area (Å²) in [4.78, 5) is 12.0. The Morgan fingerprint density at radius 3 is 2.48 bits per heavy atom. The summed E-state index contributed by atoms with van der Waals surface area (Å²) in [6.07, 6.45) is 4.62. The van der Waals surface area contributed by atoms with Gasteiger partial charge in [0.2, 0.25) is 0 Å². The van der Waals surface area contributed by atoms with Gasteiger partial charge in [0.25, 0.3) is 0 Å². The van der Waals surface area contributed by atoms with Gasteiger partial charge < -0.3 is 9.84 Å². The minimum atomic E-state index is -0.784. The lowest BCUT2D eigenvalue weighted by Gasteiger charge is -2.35. The molecule has 3 heteroatoms. The molecule has 1 fully saturated rings. The molecular weight excluding hydrogens is 264 g/mol. The van der Waals surface area contributed by atoms with Crippen molar-refractivity contribution in [2.75, 3.05) is 6.61 Å². The summed E-state index contributed by atoms with van der Waals surface area (Å²) in [6, 6.07) is 8.04. The van der Waals surface area contributed by atoms with Crippen molar-refractivity contribution < 1.29 is 14.6 Å². The van der Waals surface area contributed by atoms with Gasteiger partial charge >= 0.3 is 5.97 Å². The van der Waals surface area contributed by atoms with Crippen LogP contribution < -0.4 is 0 Å². The zero-order valence-corrected chi connectivity index (χ0v) is 13.1. The van der Waals surface area contributed by atoms with Crippen LogP contribution in [-0.4, -0.2) is 17.7 Å². The van der Waals surface area contributed by atoms with E-state index in [1.54, 1.807) is 0 Å². The van der Waals surface area contributed by atoms with Crippen LogP contribution in [0, 0.1) is 12.8 Å². The Hall–Kier alpha value is -1.35. The van der Waals surface area contributed by atoms with Crippen LogP contribution in [0.15, 0.2) is 24.3 Å². The molecule has 0 heterocycles. The second-order valence-corrected chi connectivity index (χ2v) is 6.19. The van der Waals surface area contributed by atoms with Gasteiger partial charge in [0.15, 0.2) is 0 Å². The Morgan fingerprint density at radius 1 is 1.29 bits per heavy atom. The molecule has 1 aromatic carbocycles.